The van der Waals surface area contributed by atoms with Gasteiger partial charge in [-0.1, -0.05) is 54.6 Å². The smallest absolute Gasteiger partial charge is 0.224 e. The topological polar surface area (TPSA) is 86.3 Å². The number of aromatic hydroxyl groups is 1. The number of nitrogens with zero attached hydrogens (tertiary/aromatic N) is 4. The number of aromatic nitrogens is 2. The molecule has 3 aliphatic heterocycles. The summed E-state index contributed by atoms with van der Waals surface area (Å²) >= 11 is 0. The molecule has 4 unspecified atom stereocenters. The van der Waals surface area contributed by atoms with Crippen molar-refractivity contribution in [2.24, 2.45) is 5.92 Å². The monoisotopic (exact) mass is 651 g/mol. The highest BCUT2D eigenvalue weighted by Gasteiger charge is 2.48. The molecular formula is C41H38FN5O2. The molecule has 7 nitrogen and oxygen atoms in total. The number of fused-ring (bicyclic) bond motifs is 5. The third-order valence-electron chi connectivity index (χ3n) is 11.3. The molecule has 8 heteroatoms. The van der Waals surface area contributed by atoms with Crippen molar-refractivity contribution < 1.29 is 14.2 Å². The first-order chi connectivity index (χ1) is 23.9. The van der Waals surface area contributed by atoms with Gasteiger partial charge in [0.2, 0.25) is 5.88 Å². The molecule has 1 aliphatic carbocycles. The van der Waals surface area contributed by atoms with Crippen molar-refractivity contribution in [1.82, 2.24) is 19.8 Å². The average molecular weight is 652 g/mol. The van der Waals surface area contributed by atoms with Crippen LogP contribution in [0.1, 0.15) is 43.7 Å². The summed E-state index contributed by atoms with van der Waals surface area (Å²) in [6, 6.07) is 26.3. The molecule has 246 valence electrons. The van der Waals surface area contributed by atoms with Gasteiger partial charge in [0, 0.05) is 41.3 Å². The van der Waals surface area contributed by atoms with Crippen LogP contribution < -0.4 is 10.1 Å². The van der Waals surface area contributed by atoms with Gasteiger partial charge in [-0.15, -0.1) is 0 Å². The number of ether oxygens (including phenoxy) is 1. The van der Waals surface area contributed by atoms with Gasteiger partial charge in [-0.05, 0) is 91.4 Å². The maximum atomic E-state index is 17.7. The second-order valence-electron chi connectivity index (χ2n) is 14.2. The first kappa shape index (κ1) is 30.1. The average Bonchev–Trinajstić information content (AvgIpc) is 3.93. The summed E-state index contributed by atoms with van der Waals surface area (Å²) in [6.07, 6.45) is 5.49. The fourth-order valence-corrected chi connectivity index (χ4v) is 8.72. The van der Waals surface area contributed by atoms with Crippen LogP contribution in [0.5, 0.6) is 11.6 Å². The SMILES string of the molecule is CC(C#N)c1cc2c(nc(OC[C@@H]3CCCN3C)c3c(-c4ccccc4)cn(C4C5CNC4C5)c32)c(F)c1-c1cc(O)cc2ccccc12. The van der Waals surface area contributed by atoms with E-state index in [-0.39, 0.29) is 28.9 Å². The molecule has 10 rings (SSSR count). The Bertz CT molecular complexity index is 2300. The van der Waals surface area contributed by atoms with Gasteiger partial charge in [-0.3, -0.25) is 0 Å². The molecule has 0 amide bonds. The lowest BCUT2D eigenvalue weighted by atomic mass is 9.80. The van der Waals surface area contributed by atoms with Crippen molar-refractivity contribution in [2.75, 3.05) is 26.7 Å². The van der Waals surface area contributed by atoms with Crippen molar-refractivity contribution >= 4 is 32.6 Å². The second-order valence-corrected chi connectivity index (χ2v) is 14.2. The maximum absolute atomic E-state index is 17.7. The molecule has 0 radical (unpaired) electrons. The third-order valence-corrected chi connectivity index (χ3v) is 11.3. The van der Waals surface area contributed by atoms with Crippen LogP contribution in [-0.4, -0.2) is 58.4 Å². The number of phenols is 1. The number of nitrogens with one attached hydrogen (secondary N) is 1. The molecule has 5 atom stereocenters. The number of likely N-dealkylation sites (N-methyl/N-ethyl adjacent to an activating group) is 1. The highest BCUT2D eigenvalue weighted by Crippen LogP contribution is 2.51. The summed E-state index contributed by atoms with van der Waals surface area (Å²) < 4.78 is 26.7. The van der Waals surface area contributed by atoms with Crippen LogP contribution >= 0.6 is 0 Å². The molecular weight excluding hydrogens is 613 g/mol. The van der Waals surface area contributed by atoms with E-state index in [1.54, 1.807) is 19.1 Å². The number of phenolic OH excluding ortho intramolecular Hbond substituents is 1. The summed E-state index contributed by atoms with van der Waals surface area (Å²) in [4.78, 5) is 7.39. The number of hydrogen-bond donors (Lipinski definition) is 2. The van der Waals surface area contributed by atoms with Crippen LogP contribution in [0.15, 0.2) is 79.0 Å². The minimum Gasteiger partial charge on any atom is -0.508 e. The van der Waals surface area contributed by atoms with Crippen LogP contribution in [0.2, 0.25) is 0 Å². The third kappa shape index (κ3) is 4.71. The maximum Gasteiger partial charge on any atom is 0.224 e. The van der Waals surface area contributed by atoms with E-state index in [0.29, 0.717) is 41.0 Å². The molecule has 5 heterocycles. The van der Waals surface area contributed by atoms with Crippen LogP contribution in [0.3, 0.4) is 0 Å². The first-order valence-corrected chi connectivity index (χ1v) is 17.4. The lowest BCUT2D eigenvalue weighted by Gasteiger charge is -2.36. The van der Waals surface area contributed by atoms with Crippen molar-refractivity contribution in [3.63, 3.8) is 0 Å². The van der Waals surface area contributed by atoms with E-state index >= 15 is 4.39 Å². The summed E-state index contributed by atoms with van der Waals surface area (Å²) in [5.74, 6) is -0.210. The van der Waals surface area contributed by atoms with Crippen molar-refractivity contribution in [3.8, 4) is 40.0 Å². The summed E-state index contributed by atoms with van der Waals surface area (Å²) in [5.41, 5.74) is 4.53. The van der Waals surface area contributed by atoms with E-state index < -0.39 is 11.7 Å². The Kier molecular flexibility index (Phi) is 7.12. The molecule has 2 bridgehead atoms. The van der Waals surface area contributed by atoms with Gasteiger partial charge in [0.15, 0.2) is 5.82 Å². The molecule has 1 saturated carbocycles. The predicted molar refractivity (Wildman–Crippen MR) is 191 cm³/mol. The Morgan fingerprint density at radius 2 is 1.90 bits per heavy atom. The highest BCUT2D eigenvalue weighted by molar-refractivity contribution is 6.14. The van der Waals surface area contributed by atoms with Crippen LogP contribution in [0, 0.1) is 23.1 Å². The molecule has 4 fully saturated rings. The van der Waals surface area contributed by atoms with E-state index in [1.807, 2.05) is 48.5 Å². The largest absolute Gasteiger partial charge is 0.508 e. The quantitative estimate of drug-likeness (QED) is 0.181. The van der Waals surface area contributed by atoms with Gasteiger partial charge in [0.25, 0.3) is 0 Å². The predicted octanol–water partition coefficient (Wildman–Crippen LogP) is 8.15. The van der Waals surface area contributed by atoms with Gasteiger partial charge in [-0.25, -0.2) is 9.37 Å². The standard InChI is InChI=1S/C41H38FN5O2/c1-23(19-43)30-18-32-38(37(42)35(30)31-17-28(48)15-25-11-6-7-13-29(25)31)45-41(49-22-27-12-8-14-46(27)2)36-33(24-9-4-3-5-10-24)21-47(40(32)36)39-26-16-34(39)44-20-26/h3-7,9-11,13,15,17-18,21,23,26-27,34,39,44,48H,8,12,14,16,20,22H2,1-2H3/t23?,26?,27-,34?,39?/m0/s1. The minimum absolute atomic E-state index is 0.0335. The Morgan fingerprint density at radius 3 is 2.63 bits per heavy atom. The van der Waals surface area contributed by atoms with Crippen molar-refractivity contribution in [2.45, 2.75) is 50.2 Å². The Morgan fingerprint density at radius 1 is 1.08 bits per heavy atom. The van der Waals surface area contributed by atoms with Gasteiger partial charge < -0.3 is 24.6 Å². The van der Waals surface area contributed by atoms with Gasteiger partial charge >= 0.3 is 0 Å². The van der Waals surface area contributed by atoms with E-state index in [9.17, 15) is 10.4 Å². The summed E-state index contributed by atoms with van der Waals surface area (Å²) in [7, 11) is 2.12. The molecule has 3 saturated heterocycles. The first-order valence-electron chi connectivity index (χ1n) is 17.4. The van der Waals surface area contributed by atoms with E-state index in [0.717, 1.165) is 65.2 Å². The number of pyridine rings is 1. The van der Waals surface area contributed by atoms with Gasteiger partial charge in [0.05, 0.1) is 28.9 Å². The Balaban J connectivity index is 1.38. The van der Waals surface area contributed by atoms with Crippen molar-refractivity contribution in [3.05, 3.63) is 90.4 Å². The lowest BCUT2D eigenvalue weighted by molar-refractivity contribution is 0.195. The van der Waals surface area contributed by atoms with Crippen LogP contribution in [-0.2, 0) is 0 Å². The number of nitriles is 1. The number of hydrogen-bond acceptors (Lipinski definition) is 6. The van der Waals surface area contributed by atoms with Crippen molar-refractivity contribution in [1.29, 1.82) is 5.26 Å². The van der Waals surface area contributed by atoms with Gasteiger partial charge in [-0.2, -0.15) is 5.26 Å². The molecule has 4 aromatic carbocycles. The molecule has 4 aliphatic rings. The Labute approximate surface area is 284 Å². The molecule has 2 N–H and O–H groups in total. The fourth-order valence-electron chi connectivity index (χ4n) is 8.72. The molecule has 6 aromatic rings. The molecule has 49 heavy (non-hydrogen) atoms. The Hall–Kier alpha value is -4.97. The molecule has 2 aromatic heterocycles. The molecule has 0 spiro atoms. The fraction of sp³-hybridized carbons (Fsp3) is 0.317. The summed E-state index contributed by atoms with van der Waals surface area (Å²) in [6.45, 7) is 4.23. The van der Waals surface area contributed by atoms with E-state index in [4.69, 9.17) is 9.72 Å². The zero-order valence-electron chi connectivity index (χ0n) is 27.7. The highest BCUT2D eigenvalue weighted by atomic mass is 19.1. The van der Waals surface area contributed by atoms with E-state index in [1.165, 1.54) is 0 Å². The van der Waals surface area contributed by atoms with Crippen LogP contribution in [0.4, 0.5) is 4.39 Å². The number of rotatable bonds is 7. The zero-order valence-corrected chi connectivity index (χ0v) is 27.7. The number of benzene rings is 4. The van der Waals surface area contributed by atoms with E-state index in [2.05, 4.69) is 46.2 Å². The second kappa shape index (κ2) is 11.6. The zero-order chi connectivity index (χ0) is 33.4. The summed E-state index contributed by atoms with van der Waals surface area (Å²) in [5, 5.41) is 27.9. The normalized spacial score (nSPS) is 22.5. The lowest BCUT2D eigenvalue weighted by Crippen LogP contribution is -2.38. The minimum atomic E-state index is -0.627. The van der Waals surface area contributed by atoms with Crippen LogP contribution in [0.25, 0.3) is 54.8 Å². The number of likely N-dealkylation sites (tertiary alicyclic amines) is 1. The number of halogens is 1. The van der Waals surface area contributed by atoms with Gasteiger partial charge in [0.1, 0.15) is 17.9 Å².